The fourth-order valence-corrected chi connectivity index (χ4v) is 4.16. The van der Waals surface area contributed by atoms with Crippen LogP contribution in [0.3, 0.4) is 0 Å². The molecule has 0 spiro atoms. The summed E-state index contributed by atoms with van der Waals surface area (Å²) in [7, 11) is 0. The number of fused-ring (bicyclic) bond motifs is 1. The molecule has 0 bridgehead atoms. The van der Waals surface area contributed by atoms with Gasteiger partial charge in [-0.15, -0.1) is 11.3 Å². The number of rotatable bonds is 4. The zero-order valence-corrected chi connectivity index (χ0v) is 17.0. The minimum Gasteiger partial charge on any atom is -0.324 e. The van der Waals surface area contributed by atoms with Crippen molar-refractivity contribution in [3.8, 4) is 10.4 Å². The second kappa shape index (κ2) is 7.99. The minimum absolute atomic E-state index is 0.349. The Morgan fingerprint density at radius 2 is 1.77 bits per heavy atom. The topological polar surface area (TPSA) is 64.0 Å². The number of alkyl halides is 3. The maximum absolute atomic E-state index is 13.2. The second-order valence-electron chi connectivity index (χ2n) is 6.86. The number of nitrogens with one attached hydrogen (secondary N) is 1. The standard InChI is InChI=1S/C22H16F3N3O2S/c1-13(19(29)27-17-10-6-5-9-16(17)22(23,24)25)28-12-26-20-15(21(28)30)11-18(31-20)14-7-3-2-4-8-14/h2-13H,1H3,(H,27,29). The molecule has 0 aliphatic rings. The molecule has 2 aromatic heterocycles. The molecule has 0 saturated carbocycles. The fraction of sp³-hybridized carbons (Fsp3) is 0.136. The molecule has 1 atom stereocenters. The first-order chi connectivity index (χ1) is 14.8. The van der Waals surface area contributed by atoms with Crippen LogP contribution in [0.2, 0.25) is 0 Å². The lowest BCUT2D eigenvalue weighted by atomic mass is 10.1. The largest absolute Gasteiger partial charge is 0.418 e. The number of carbonyl (C=O) groups is 1. The highest BCUT2D eigenvalue weighted by atomic mass is 32.1. The van der Waals surface area contributed by atoms with Crippen molar-refractivity contribution in [2.45, 2.75) is 19.1 Å². The smallest absolute Gasteiger partial charge is 0.324 e. The number of para-hydroxylation sites is 1. The predicted octanol–water partition coefficient (Wildman–Crippen LogP) is 5.34. The molecule has 1 amide bonds. The minimum atomic E-state index is -4.62. The van der Waals surface area contributed by atoms with Crippen LogP contribution in [0.1, 0.15) is 18.5 Å². The Labute approximate surface area is 178 Å². The van der Waals surface area contributed by atoms with Crippen molar-refractivity contribution in [3.05, 3.63) is 82.9 Å². The van der Waals surface area contributed by atoms with E-state index in [4.69, 9.17) is 0 Å². The molecule has 0 radical (unpaired) electrons. The fourth-order valence-electron chi connectivity index (χ4n) is 3.16. The van der Waals surface area contributed by atoms with Crippen LogP contribution in [-0.4, -0.2) is 15.5 Å². The van der Waals surface area contributed by atoms with Crippen LogP contribution in [-0.2, 0) is 11.0 Å². The summed E-state index contributed by atoms with van der Waals surface area (Å²) in [6, 6.07) is 14.8. The molecule has 1 N–H and O–H groups in total. The van der Waals surface area contributed by atoms with Gasteiger partial charge in [0.2, 0.25) is 5.91 Å². The van der Waals surface area contributed by atoms with Crippen LogP contribution >= 0.6 is 11.3 Å². The van der Waals surface area contributed by atoms with Crippen molar-refractivity contribution in [1.82, 2.24) is 9.55 Å². The monoisotopic (exact) mass is 443 g/mol. The van der Waals surface area contributed by atoms with Crippen LogP contribution in [0.5, 0.6) is 0 Å². The van der Waals surface area contributed by atoms with E-state index in [-0.39, 0.29) is 5.69 Å². The summed E-state index contributed by atoms with van der Waals surface area (Å²) >= 11 is 1.35. The summed E-state index contributed by atoms with van der Waals surface area (Å²) in [5.74, 6) is -0.751. The first-order valence-electron chi connectivity index (χ1n) is 9.29. The van der Waals surface area contributed by atoms with Crippen molar-refractivity contribution >= 4 is 33.1 Å². The van der Waals surface area contributed by atoms with Gasteiger partial charge in [0.25, 0.3) is 5.56 Å². The third-order valence-corrected chi connectivity index (χ3v) is 5.91. The van der Waals surface area contributed by atoms with Gasteiger partial charge in [0.1, 0.15) is 10.9 Å². The summed E-state index contributed by atoms with van der Waals surface area (Å²) < 4.78 is 40.7. The highest BCUT2D eigenvalue weighted by Gasteiger charge is 2.34. The van der Waals surface area contributed by atoms with E-state index in [1.807, 2.05) is 30.3 Å². The van der Waals surface area contributed by atoms with Crippen molar-refractivity contribution in [1.29, 1.82) is 0 Å². The Hall–Kier alpha value is -3.46. The van der Waals surface area contributed by atoms with E-state index in [1.54, 1.807) is 6.07 Å². The van der Waals surface area contributed by atoms with Gasteiger partial charge < -0.3 is 5.32 Å². The highest BCUT2D eigenvalue weighted by molar-refractivity contribution is 7.21. The van der Waals surface area contributed by atoms with Crippen LogP contribution in [0, 0.1) is 0 Å². The predicted molar refractivity (Wildman–Crippen MR) is 114 cm³/mol. The Morgan fingerprint density at radius 3 is 2.48 bits per heavy atom. The SMILES string of the molecule is CC(C(=O)Nc1ccccc1C(F)(F)F)n1cnc2sc(-c3ccccc3)cc2c1=O. The lowest BCUT2D eigenvalue weighted by molar-refractivity contribution is -0.137. The van der Waals surface area contributed by atoms with Crippen molar-refractivity contribution in [2.75, 3.05) is 5.32 Å². The lowest BCUT2D eigenvalue weighted by Gasteiger charge is -2.17. The Balaban J connectivity index is 1.65. The number of hydrogen-bond donors (Lipinski definition) is 1. The maximum Gasteiger partial charge on any atom is 0.418 e. The third kappa shape index (κ3) is 4.09. The van der Waals surface area contributed by atoms with E-state index in [1.165, 1.54) is 42.8 Å². The molecule has 2 heterocycles. The normalized spacial score (nSPS) is 12.6. The van der Waals surface area contributed by atoms with Gasteiger partial charge in [-0.2, -0.15) is 13.2 Å². The summed E-state index contributed by atoms with van der Waals surface area (Å²) in [4.78, 5) is 31.3. The van der Waals surface area contributed by atoms with Crippen LogP contribution in [0.15, 0.2) is 71.8 Å². The molecular formula is C22H16F3N3O2S. The molecule has 2 aromatic carbocycles. The third-order valence-electron chi connectivity index (χ3n) is 4.82. The number of anilines is 1. The molecule has 9 heteroatoms. The van der Waals surface area contributed by atoms with E-state index in [2.05, 4.69) is 10.3 Å². The molecule has 1 unspecified atom stereocenters. The maximum atomic E-state index is 13.2. The van der Waals surface area contributed by atoms with Gasteiger partial charge in [0, 0.05) is 4.88 Å². The molecule has 0 fully saturated rings. The zero-order valence-electron chi connectivity index (χ0n) is 16.2. The van der Waals surface area contributed by atoms with E-state index >= 15 is 0 Å². The average Bonchev–Trinajstić information content (AvgIpc) is 3.19. The molecule has 0 aliphatic heterocycles. The Bertz CT molecular complexity index is 1310. The second-order valence-corrected chi connectivity index (χ2v) is 7.89. The van der Waals surface area contributed by atoms with Crippen LogP contribution < -0.4 is 10.9 Å². The van der Waals surface area contributed by atoms with Gasteiger partial charge in [-0.25, -0.2) is 4.98 Å². The molecule has 0 saturated heterocycles. The van der Waals surface area contributed by atoms with Crippen molar-refractivity contribution in [3.63, 3.8) is 0 Å². The van der Waals surface area contributed by atoms with Gasteiger partial charge in [0.05, 0.1) is 23.0 Å². The van der Waals surface area contributed by atoms with E-state index in [0.29, 0.717) is 10.2 Å². The molecule has 5 nitrogen and oxygen atoms in total. The van der Waals surface area contributed by atoms with Gasteiger partial charge in [-0.1, -0.05) is 42.5 Å². The van der Waals surface area contributed by atoms with Crippen LogP contribution in [0.4, 0.5) is 18.9 Å². The van der Waals surface area contributed by atoms with E-state index in [0.717, 1.165) is 21.1 Å². The molecule has 4 rings (SSSR count). The summed E-state index contributed by atoms with van der Waals surface area (Å²) in [6.07, 6.45) is -3.37. The van der Waals surface area contributed by atoms with Crippen molar-refractivity contribution in [2.24, 2.45) is 0 Å². The Morgan fingerprint density at radius 1 is 1.10 bits per heavy atom. The summed E-state index contributed by atoms with van der Waals surface area (Å²) in [5.41, 5.74) is -0.821. The van der Waals surface area contributed by atoms with Crippen LogP contribution in [0.25, 0.3) is 20.7 Å². The zero-order chi connectivity index (χ0) is 22.2. The number of thiophene rings is 1. The number of hydrogen-bond acceptors (Lipinski definition) is 4. The first kappa shape index (κ1) is 20.8. The number of halogens is 3. The average molecular weight is 443 g/mol. The molecule has 4 aromatic rings. The lowest BCUT2D eigenvalue weighted by Crippen LogP contribution is -2.32. The van der Waals surface area contributed by atoms with E-state index in [9.17, 15) is 22.8 Å². The quantitative estimate of drug-likeness (QED) is 0.463. The molecule has 0 aliphatic carbocycles. The number of nitrogens with zero attached hydrogens (tertiary/aromatic N) is 2. The summed E-state index contributed by atoms with van der Waals surface area (Å²) in [6.45, 7) is 1.44. The van der Waals surface area contributed by atoms with Gasteiger partial charge >= 0.3 is 6.18 Å². The van der Waals surface area contributed by atoms with E-state index < -0.39 is 29.2 Å². The van der Waals surface area contributed by atoms with Gasteiger partial charge in [-0.3, -0.25) is 14.2 Å². The van der Waals surface area contributed by atoms with Gasteiger partial charge in [0.15, 0.2) is 0 Å². The number of carbonyl (C=O) groups excluding carboxylic acids is 1. The van der Waals surface area contributed by atoms with Crippen molar-refractivity contribution < 1.29 is 18.0 Å². The Kier molecular flexibility index (Phi) is 5.36. The molecule has 31 heavy (non-hydrogen) atoms. The number of aromatic nitrogens is 2. The molecular weight excluding hydrogens is 427 g/mol. The first-order valence-corrected chi connectivity index (χ1v) is 10.1. The number of amides is 1. The van der Waals surface area contributed by atoms with Gasteiger partial charge in [-0.05, 0) is 30.7 Å². The number of benzene rings is 2. The highest BCUT2D eigenvalue weighted by Crippen LogP contribution is 2.35. The molecule has 158 valence electrons. The summed E-state index contributed by atoms with van der Waals surface area (Å²) in [5, 5.41) is 2.63.